The van der Waals surface area contributed by atoms with Gasteiger partial charge in [0, 0.05) is 6.20 Å². The molecular weight excluding hydrogens is 264 g/mol. The highest BCUT2D eigenvalue weighted by Gasteiger charge is 2.16. The van der Waals surface area contributed by atoms with Crippen molar-refractivity contribution in [2.24, 2.45) is 0 Å². The lowest BCUT2D eigenvalue weighted by atomic mass is 10.4. The van der Waals surface area contributed by atoms with Gasteiger partial charge < -0.3 is 20.2 Å². The first kappa shape index (κ1) is 13.4. The Morgan fingerprint density at radius 3 is 2.75 bits per heavy atom. The van der Waals surface area contributed by atoms with Crippen LogP contribution in [0.4, 0.5) is 11.6 Å². The van der Waals surface area contributed by atoms with Crippen LogP contribution < -0.4 is 10.1 Å². The predicted octanol–water partition coefficient (Wildman–Crippen LogP) is 1.40. The van der Waals surface area contributed by atoms with Crippen LogP contribution in [0.3, 0.4) is 0 Å². The third-order valence-electron chi connectivity index (χ3n) is 2.21. The molecule has 0 aliphatic heterocycles. The monoisotopic (exact) mass is 274 g/mol. The van der Waals surface area contributed by atoms with Gasteiger partial charge in [0.2, 0.25) is 5.75 Å². The van der Waals surface area contributed by atoms with Crippen LogP contribution in [-0.2, 0) is 4.79 Å². The Morgan fingerprint density at radius 2 is 2.05 bits per heavy atom. The highest BCUT2D eigenvalue weighted by Crippen LogP contribution is 2.22. The molecule has 20 heavy (non-hydrogen) atoms. The Bertz CT molecular complexity index is 618. The minimum Gasteiger partial charge on any atom is -0.476 e. The molecule has 0 saturated heterocycles. The van der Waals surface area contributed by atoms with Crippen LogP contribution in [0.15, 0.2) is 42.7 Å². The van der Waals surface area contributed by atoms with E-state index in [0.717, 1.165) is 0 Å². The maximum absolute atomic E-state index is 11.6. The maximum atomic E-state index is 11.6. The second kappa shape index (κ2) is 6.23. The molecule has 2 heterocycles. The summed E-state index contributed by atoms with van der Waals surface area (Å²) < 4.78 is 5.09. The first-order valence-electron chi connectivity index (χ1n) is 5.60. The molecule has 0 spiro atoms. The molecule has 0 aromatic carbocycles. The quantitative estimate of drug-likeness (QED) is 0.652. The number of amides is 1. The van der Waals surface area contributed by atoms with E-state index in [1.807, 2.05) is 0 Å². The molecular formula is C12H10N4O4. The maximum Gasteiger partial charge on any atom is 0.406 e. The summed E-state index contributed by atoms with van der Waals surface area (Å²) in [5.41, 5.74) is 0. The van der Waals surface area contributed by atoms with E-state index in [-0.39, 0.29) is 12.4 Å². The van der Waals surface area contributed by atoms with Gasteiger partial charge in [-0.3, -0.25) is 4.79 Å². The second-order valence-corrected chi connectivity index (χ2v) is 3.63. The van der Waals surface area contributed by atoms with Crippen molar-refractivity contribution in [1.82, 2.24) is 9.97 Å². The molecule has 102 valence electrons. The molecule has 0 radical (unpaired) electrons. The van der Waals surface area contributed by atoms with Gasteiger partial charge in [-0.1, -0.05) is 6.07 Å². The Hall–Kier alpha value is -3.03. The SMILES string of the molecule is O=C(COc1cccnc1[N+](=O)[O-])Nc1ccccn1. The summed E-state index contributed by atoms with van der Waals surface area (Å²) in [7, 11) is 0. The average Bonchev–Trinajstić information content (AvgIpc) is 2.46. The molecule has 0 atom stereocenters. The zero-order valence-corrected chi connectivity index (χ0v) is 10.2. The number of nitrogens with one attached hydrogen (secondary N) is 1. The number of nitrogens with zero attached hydrogens (tertiary/aromatic N) is 3. The van der Waals surface area contributed by atoms with Crippen LogP contribution in [0, 0.1) is 10.1 Å². The zero-order valence-electron chi connectivity index (χ0n) is 10.2. The van der Waals surface area contributed by atoms with Crippen LogP contribution in [-0.4, -0.2) is 27.4 Å². The normalized spacial score (nSPS) is 9.80. The first-order chi connectivity index (χ1) is 9.66. The average molecular weight is 274 g/mol. The molecule has 0 aliphatic carbocycles. The lowest BCUT2D eigenvalue weighted by Gasteiger charge is -2.06. The van der Waals surface area contributed by atoms with Gasteiger partial charge >= 0.3 is 5.82 Å². The first-order valence-corrected chi connectivity index (χ1v) is 5.60. The molecule has 8 heteroatoms. The summed E-state index contributed by atoms with van der Waals surface area (Å²) in [5.74, 6) is -0.588. The summed E-state index contributed by atoms with van der Waals surface area (Å²) >= 11 is 0. The number of hydrogen-bond donors (Lipinski definition) is 1. The van der Waals surface area contributed by atoms with Gasteiger partial charge in [-0.05, 0) is 34.2 Å². The lowest BCUT2D eigenvalue weighted by molar-refractivity contribution is -0.390. The topological polar surface area (TPSA) is 107 Å². The van der Waals surface area contributed by atoms with Crippen LogP contribution in [0.1, 0.15) is 0 Å². The van der Waals surface area contributed by atoms with Crippen molar-refractivity contribution in [3.63, 3.8) is 0 Å². The molecule has 0 saturated carbocycles. The van der Waals surface area contributed by atoms with Gasteiger partial charge in [-0.15, -0.1) is 0 Å². The van der Waals surface area contributed by atoms with E-state index in [2.05, 4.69) is 15.3 Å². The highest BCUT2D eigenvalue weighted by molar-refractivity contribution is 5.90. The molecule has 1 amide bonds. The van der Waals surface area contributed by atoms with Gasteiger partial charge in [0.1, 0.15) is 12.0 Å². The van der Waals surface area contributed by atoms with Gasteiger partial charge in [0.15, 0.2) is 6.61 Å². The summed E-state index contributed by atoms with van der Waals surface area (Å²) in [5, 5.41) is 13.2. The summed E-state index contributed by atoms with van der Waals surface area (Å²) in [4.78, 5) is 29.1. The predicted molar refractivity (Wildman–Crippen MR) is 69.3 cm³/mol. The zero-order chi connectivity index (χ0) is 14.4. The Balaban J connectivity index is 1.96. The summed E-state index contributed by atoms with van der Waals surface area (Å²) in [6.45, 7) is -0.372. The number of anilines is 1. The number of hydrogen-bond acceptors (Lipinski definition) is 6. The van der Waals surface area contributed by atoms with E-state index in [0.29, 0.717) is 5.82 Å². The van der Waals surface area contributed by atoms with E-state index < -0.39 is 16.6 Å². The van der Waals surface area contributed by atoms with Gasteiger partial charge in [-0.25, -0.2) is 4.98 Å². The number of ether oxygens (including phenoxy) is 1. The largest absolute Gasteiger partial charge is 0.476 e. The van der Waals surface area contributed by atoms with Crippen molar-refractivity contribution in [2.75, 3.05) is 11.9 Å². The van der Waals surface area contributed by atoms with Crippen LogP contribution in [0.25, 0.3) is 0 Å². The number of rotatable bonds is 5. The minimum atomic E-state index is -0.675. The molecule has 0 fully saturated rings. The van der Waals surface area contributed by atoms with E-state index in [4.69, 9.17) is 4.74 Å². The van der Waals surface area contributed by atoms with Gasteiger partial charge in [-0.2, -0.15) is 0 Å². The van der Waals surface area contributed by atoms with E-state index in [1.54, 1.807) is 18.2 Å². The number of carbonyl (C=O) groups is 1. The smallest absolute Gasteiger partial charge is 0.406 e. The number of carbonyl (C=O) groups excluding carboxylic acids is 1. The molecule has 0 aliphatic rings. The molecule has 0 unspecified atom stereocenters. The fraction of sp³-hybridized carbons (Fsp3) is 0.0833. The van der Waals surface area contributed by atoms with E-state index >= 15 is 0 Å². The van der Waals surface area contributed by atoms with E-state index in [1.165, 1.54) is 24.5 Å². The summed E-state index contributed by atoms with van der Waals surface area (Å²) in [6.07, 6.45) is 2.81. The van der Waals surface area contributed by atoms with Gasteiger partial charge in [0.05, 0.1) is 0 Å². The number of pyridine rings is 2. The van der Waals surface area contributed by atoms with Crippen molar-refractivity contribution in [3.8, 4) is 5.75 Å². The third-order valence-corrected chi connectivity index (χ3v) is 2.21. The number of aromatic nitrogens is 2. The summed E-state index contributed by atoms with van der Waals surface area (Å²) in [6, 6.07) is 7.91. The van der Waals surface area contributed by atoms with Crippen LogP contribution in [0.5, 0.6) is 5.75 Å². The van der Waals surface area contributed by atoms with Crippen molar-refractivity contribution in [2.45, 2.75) is 0 Å². The minimum absolute atomic E-state index is 0.0614. The molecule has 1 N–H and O–H groups in total. The second-order valence-electron chi connectivity index (χ2n) is 3.63. The van der Waals surface area contributed by atoms with E-state index in [9.17, 15) is 14.9 Å². The van der Waals surface area contributed by atoms with Crippen LogP contribution >= 0.6 is 0 Å². The Labute approximate surface area is 113 Å². The third kappa shape index (κ3) is 3.48. The molecule has 2 aromatic heterocycles. The molecule has 2 rings (SSSR count). The Kier molecular flexibility index (Phi) is 4.17. The standard InChI is InChI=1S/C12H10N4O4/c17-11(15-10-5-1-2-6-13-10)8-20-9-4-3-7-14-12(9)16(18)19/h1-7H,8H2,(H,13,15,17). The Morgan fingerprint density at radius 1 is 1.25 bits per heavy atom. The van der Waals surface area contributed by atoms with Crippen molar-refractivity contribution in [3.05, 3.63) is 52.8 Å². The van der Waals surface area contributed by atoms with Crippen molar-refractivity contribution < 1.29 is 14.5 Å². The molecule has 0 bridgehead atoms. The van der Waals surface area contributed by atoms with Crippen molar-refractivity contribution in [1.29, 1.82) is 0 Å². The molecule has 2 aromatic rings. The van der Waals surface area contributed by atoms with Crippen molar-refractivity contribution >= 4 is 17.5 Å². The molecule has 8 nitrogen and oxygen atoms in total. The fourth-order valence-corrected chi connectivity index (χ4v) is 1.39. The van der Waals surface area contributed by atoms with Gasteiger partial charge in [0.25, 0.3) is 5.91 Å². The van der Waals surface area contributed by atoms with Crippen LogP contribution in [0.2, 0.25) is 0 Å². The number of nitro groups is 1. The highest BCUT2D eigenvalue weighted by atomic mass is 16.6. The lowest BCUT2D eigenvalue weighted by Crippen LogP contribution is -2.21. The fourth-order valence-electron chi connectivity index (χ4n) is 1.39.